The number of aryl methyl sites for hydroxylation is 2. The van der Waals surface area contributed by atoms with Crippen molar-refractivity contribution in [3.05, 3.63) is 40.6 Å². The first-order valence-corrected chi connectivity index (χ1v) is 4.77. The predicted octanol–water partition coefficient (Wildman–Crippen LogP) is 0.598. The highest BCUT2D eigenvalue weighted by Gasteiger charge is 2.09. The number of carbonyl (C=O) groups excluding carboxylic acids is 1. The Morgan fingerprint density at radius 3 is 2.62 bits per heavy atom. The van der Waals surface area contributed by atoms with Crippen molar-refractivity contribution in [3.63, 3.8) is 0 Å². The normalized spacial score (nSPS) is 10.4. The Labute approximate surface area is 91.9 Å². The molecule has 0 atom stereocenters. The molecule has 0 saturated heterocycles. The van der Waals surface area contributed by atoms with Crippen molar-refractivity contribution in [1.29, 1.82) is 0 Å². The Kier molecular flexibility index (Phi) is 2.44. The molecule has 0 unspecified atom stereocenters. The molecule has 2 rings (SSSR count). The lowest BCUT2D eigenvalue weighted by atomic mass is 10.1. The first-order valence-electron chi connectivity index (χ1n) is 4.77. The van der Waals surface area contributed by atoms with E-state index in [0.717, 1.165) is 11.1 Å². The minimum absolute atomic E-state index is 0.0831. The van der Waals surface area contributed by atoms with Crippen LogP contribution in [0.3, 0.4) is 0 Å². The lowest BCUT2D eigenvalue weighted by Crippen LogP contribution is -2.13. The van der Waals surface area contributed by atoms with Gasteiger partial charge in [-0.05, 0) is 6.07 Å². The zero-order valence-corrected chi connectivity index (χ0v) is 9.04. The van der Waals surface area contributed by atoms with Gasteiger partial charge < -0.3 is 4.57 Å². The fraction of sp³-hybridized carbons (Fsp3) is 0.182. The zero-order chi connectivity index (χ0) is 11.7. The van der Waals surface area contributed by atoms with Crippen molar-refractivity contribution in [2.24, 2.45) is 14.1 Å². The van der Waals surface area contributed by atoms with Gasteiger partial charge in [0.1, 0.15) is 5.69 Å². The van der Waals surface area contributed by atoms with Crippen molar-refractivity contribution in [2.75, 3.05) is 0 Å². The molecule has 16 heavy (non-hydrogen) atoms. The van der Waals surface area contributed by atoms with Crippen molar-refractivity contribution < 1.29 is 4.79 Å². The monoisotopic (exact) mass is 217 g/mol. The number of rotatable bonds is 2. The zero-order valence-electron chi connectivity index (χ0n) is 9.04. The maximum atomic E-state index is 11.2. The summed E-state index contributed by atoms with van der Waals surface area (Å²) < 4.78 is 3.04. The van der Waals surface area contributed by atoms with E-state index in [9.17, 15) is 9.59 Å². The summed E-state index contributed by atoms with van der Waals surface area (Å²) in [5.74, 6) is 0. The number of pyridine rings is 1. The summed E-state index contributed by atoms with van der Waals surface area (Å²) in [6, 6.07) is 3.16. The van der Waals surface area contributed by atoms with E-state index in [1.54, 1.807) is 37.2 Å². The first kappa shape index (κ1) is 10.4. The van der Waals surface area contributed by atoms with Crippen LogP contribution in [0, 0.1) is 0 Å². The molecule has 0 amide bonds. The molecule has 82 valence electrons. The third-order valence-electron chi connectivity index (χ3n) is 2.37. The molecule has 0 saturated carbocycles. The highest BCUT2D eigenvalue weighted by Crippen LogP contribution is 2.19. The van der Waals surface area contributed by atoms with Crippen molar-refractivity contribution in [3.8, 4) is 11.1 Å². The van der Waals surface area contributed by atoms with Crippen LogP contribution in [0.25, 0.3) is 11.1 Å². The minimum Gasteiger partial charge on any atom is -0.318 e. The lowest BCUT2D eigenvalue weighted by molar-refractivity contribution is 0.111. The van der Waals surface area contributed by atoms with Crippen LogP contribution in [0.15, 0.2) is 29.3 Å². The van der Waals surface area contributed by atoms with Crippen LogP contribution in [0.4, 0.5) is 0 Å². The average Bonchev–Trinajstić information content (AvgIpc) is 2.63. The fourth-order valence-corrected chi connectivity index (χ4v) is 1.57. The Morgan fingerprint density at radius 1 is 1.25 bits per heavy atom. The van der Waals surface area contributed by atoms with Crippen LogP contribution < -0.4 is 5.56 Å². The lowest BCUT2D eigenvalue weighted by Gasteiger charge is -2.01. The van der Waals surface area contributed by atoms with E-state index in [-0.39, 0.29) is 5.56 Å². The van der Waals surface area contributed by atoms with Crippen molar-refractivity contribution >= 4 is 6.29 Å². The average molecular weight is 217 g/mol. The molecule has 0 aromatic carbocycles. The van der Waals surface area contributed by atoms with Crippen molar-refractivity contribution in [1.82, 2.24) is 14.3 Å². The van der Waals surface area contributed by atoms with Gasteiger partial charge in [-0.15, -0.1) is 0 Å². The highest BCUT2D eigenvalue weighted by molar-refractivity contribution is 5.84. The predicted molar refractivity (Wildman–Crippen MR) is 59.3 cm³/mol. The third-order valence-corrected chi connectivity index (χ3v) is 2.37. The number of nitrogens with zero attached hydrogens (tertiary/aromatic N) is 3. The van der Waals surface area contributed by atoms with Gasteiger partial charge in [0.25, 0.3) is 0 Å². The molecule has 0 bridgehead atoms. The maximum absolute atomic E-state index is 11.2. The second kappa shape index (κ2) is 3.77. The molecule has 5 heteroatoms. The molecular formula is C11H11N3O2. The van der Waals surface area contributed by atoms with Gasteiger partial charge in [0.05, 0.1) is 0 Å². The van der Waals surface area contributed by atoms with Crippen LogP contribution in [-0.4, -0.2) is 20.6 Å². The van der Waals surface area contributed by atoms with E-state index in [1.807, 2.05) is 0 Å². The molecule has 2 aromatic heterocycles. The molecule has 2 aromatic rings. The van der Waals surface area contributed by atoms with Crippen LogP contribution in [-0.2, 0) is 14.1 Å². The molecular weight excluding hydrogens is 206 g/mol. The molecule has 5 nitrogen and oxygen atoms in total. The second-order valence-corrected chi connectivity index (χ2v) is 3.59. The van der Waals surface area contributed by atoms with E-state index in [1.165, 1.54) is 10.6 Å². The summed E-state index contributed by atoms with van der Waals surface area (Å²) in [5, 5.41) is 4.02. The van der Waals surface area contributed by atoms with Crippen LogP contribution >= 0.6 is 0 Å². The van der Waals surface area contributed by atoms with Crippen LogP contribution in [0.5, 0.6) is 0 Å². The second-order valence-electron chi connectivity index (χ2n) is 3.59. The van der Waals surface area contributed by atoms with Crippen LogP contribution in [0.1, 0.15) is 10.5 Å². The van der Waals surface area contributed by atoms with Gasteiger partial charge in [-0.25, -0.2) is 0 Å². The van der Waals surface area contributed by atoms with Gasteiger partial charge >= 0.3 is 0 Å². The van der Waals surface area contributed by atoms with Crippen LogP contribution in [0.2, 0.25) is 0 Å². The molecule has 0 radical (unpaired) electrons. The van der Waals surface area contributed by atoms with Gasteiger partial charge in [-0.3, -0.25) is 14.3 Å². The molecule has 0 spiro atoms. The van der Waals surface area contributed by atoms with Gasteiger partial charge in [0, 0.05) is 43.7 Å². The smallest absolute Gasteiger partial charge is 0.250 e. The minimum atomic E-state index is -0.0831. The van der Waals surface area contributed by atoms with E-state index in [2.05, 4.69) is 5.10 Å². The Bertz CT molecular complexity index is 596. The van der Waals surface area contributed by atoms with Crippen molar-refractivity contribution in [2.45, 2.75) is 0 Å². The summed E-state index contributed by atoms with van der Waals surface area (Å²) >= 11 is 0. The topological polar surface area (TPSA) is 56.9 Å². The van der Waals surface area contributed by atoms with E-state index in [4.69, 9.17) is 0 Å². The summed E-state index contributed by atoms with van der Waals surface area (Å²) in [6.45, 7) is 0. The quantitative estimate of drug-likeness (QED) is 0.692. The Morgan fingerprint density at radius 2 is 2.00 bits per heavy atom. The Balaban J connectivity index is 2.62. The number of carbonyl (C=O) groups is 1. The van der Waals surface area contributed by atoms with Gasteiger partial charge in [-0.2, -0.15) is 5.10 Å². The standard InChI is InChI=1S/C11H11N3O2/c1-13-5-8(3-4-11(13)16)9-6-14(2)12-10(9)7-15/h3-7H,1-2H3. The number of hydrogen-bond acceptors (Lipinski definition) is 3. The number of hydrogen-bond donors (Lipinski definition) is 0. The SMILES string of the molecule is Cn1cc(-c2ccc(=O)n(C)c2)c(C=O)n1. The molecule has 0 N–H and O–H groups in total. The fourth-order valence-electron chi connectivity index (χ4n) is 1.57. The first-order chi connectivity index (χ1) is 7.61. The summed E-state index contributed by atoms with van der Waals surface area (Å²) in [7, 11) is 3.42. The van der Waals surface area contributed by atoms with E-state index in [0.29, 0.717) is 12.0 Å². The summed E-state index contributed by atoms with van der Waals surface area (Å²) in [4.78, 5) is 22.1. The summed E-state index contributed by atoms with van der Waals surface area (Å²) in [6.07, 6.45) is 4.15. The number of aldehydes is 1. The van der Waals surface area contributed by atoms with Gasteiger partial charge in [0.2, 0.25) is 5.56 Å². The molecule has 0 aliphatic carbocycles. The molecule has 0 aliphatic rings. The maximum Gasteiger partial charge on any atom is 0.250 e. The molecule has 0 aliphatic heterocycles. The third kappa shape index (κ3) is 1.67. The molecule has 0 fully saturated rings. The molecule has 2 heterocycles. The number of aromatic nitrogens is 3. The van der Waals surface area contributed by atoms with E-state index >= 15 is 0 Å². The van der Waals surface area contributed by atoms with E-state index < -0.39 is 0 Å². The van der Waals surface area contributed by atoms with Gasteiger partial charge in [-0.1, -0.05) is 0 Å². The largest absolute Gasteiger partial charge is 0.318 e. The summed E-state index contributed by atoms with van der Waals surface area (Å²) in [5.41, 5.74) is 1.83. The van der Waals surface area contributed by atoms with Gasteiger partial charge in [0.15, 0.2) is 6.29 Å². The Hall–Kier alpha value is -2.17. The highest BCUT2D eigenvalue weighted by atomic mass is 16.1.